The molecular weight excluding hydrogens is 573 g/mol. The summed E-state index contributed by atoms with van der Waals surface area (Å²) in [6.45, 7) is 4.25. The fourth-order valence-electron chi connectivity index (χ4n) is 4.24. The van der Waals surface area contributed by atoms with Crippen molar-refractivity contribution >= 4 is 27.5 Å². The first-order chi connectivity index (χ1) is 19.2. The van der Waals surface area contributed by atoms with Crippen LogP contribution in [0.25, 0.3) is 0 Å². The lowest BCUT2D eigenvalue weighted by Crippen LogP contribution is -2.43. The summed E-state index contributed by atoms with van der Waals surface area (Å²) in [5, 5.41) is 6.38. The van der Waals surface area contributed by atoms with Gasteiger partial charge >= 0.3 is 12.1 Å². The van der Waals surface area contributed by atoms with E-state index in [1.54, 1.807) is 0 Å². The van der Waals surface area contributed by atoms with E-state index < -0.39 is 39.0 Å². The molecule has 222 valence electrons. The molecule has 9 nitrogen and oxygen atoms in total. The fraction of sp³-hybridized carbons (Fsp3) is 0.346. The standard InChI is InChI=1S/C24H27F2N5O2S.C2HF3O2/c1-17-20(30(2)19-11-13-31(14-12-19)16-18-7-4-3-5-8-18)15-27-24(23(17)26)34(32,33)29-22-10-6-9-21(25)28-22;3-2(4,5)1(6)7/h3-10,15,19H,11-14,16H2,1-2H3,(H,28,29);(H,6,7). The predicted octanol–water partition coefficient (Wildman–Crippen LogP) is 4.60. The van der Waals surface area contributed by atoms with E-state index in [0.29, 0.717) is 5.69 Å². The molecule has 1 fully saturated rings. The number of carbonyl (C=O) groups is 1. The summed E-state index contributed by atoms with van der Waals surface area (Å²) >= 11 is 0. The van der Waals surface area contributed by atoms with Crippen LogP contribution in [0.15, 0.2) is 59.8 Å². The summed E-state index contributed by atoms with van der Waals surface area (Å²) in [5.74, 6) is -4.79. The molecule has 0 unspecified atom stereocenters. The SMILES string of the molecule is Cc1c(N(C)C2CCN(Cc3ccccc3)CC2)cnc(S(=O)(=O)Nc2cccc(F)n2)c1F.O=C(O)C(F)(F)F. The van der Waals surface area contributed by atoms with Crippen molar-refractivity contribution < 1.29 is 40.3 Å². The van der Waals surface area contributed by atoms with Crippen LogP contribution in [0.2, 0.25) is 0 Å². The van der Waals surface area contributed by atoms with E-state index in [1.807, 2.05) is 30.1 Å². The summed E-state index contributed by atoms with van der Waals surface area (Å²) in [5.41, 5.74) is 2.01. The smallest absolute Gasteiger partial charge is 0.475 e. The third-order valence-corrected chi connectivity index (χ3v) is 7.66. The molecule has 0 aliphatic carbocycles. The quantitative estimate of drug-likeness (QED) is 0.298. The molecule has 0 radical (unpaired) electrons. The van der Waals surface area contributed by atoms with Crippen molar-refractivity contribution in [2.75, 3.05) is 29.8 Å². The molecule has 4 rings (SSSR count). The number of pyridine rings is 2. The normalized spacial score (nSPS) is 14.6. The van der Waals surface area contributed by atoms with Crippen LogP contribution < -0.4 is 9.62 Å². The van der Waals surface area contributed by atoms with Gasteiger partial charge in [-0.2, -0.15) is 26.0 Å². The second-order valence-corrected chi connectivity index (χ2v) is 10.8. The van der Waals surface area contributed by atoms with E-state index in [1.165, 1.54) is 30.8 Å². The summed E-state index contributed by atoms with van der Waals surface area (Å²) in [7, 11) is -2.50. The molecule has 41 heavy (non-hydrogen) atoms. The molecule has 0 spiro atoms. The van der Waals surface area contributed by atoms with Crippen molar-refractivity contribution in [3.63, 3.8) is 0 Å². The highest BCUT2D eigenvalue weighted by molar-refractivity contribution is 7.92. The number of piperidine rings is 1. The Bertz CT molecular complexity index is 1450. The number of hydrogen-bond acceptors (Lipinski definition) is 7. The fourth-order valence-corrected chi connectivity index (χ4v) is 5.31. The average molecular weight is 602 g/mol. The number of rotatable bonds is 7. The number of alkyl halides is 3. The van der Waals surface area contributed by atoms with Crippen LogP contribution in [0.4, 0.5) is 33.5 Å². The van der Waals surface area contributed by atoms with Gasteiger partial charge in [-0.05, 0) is 37.5 Å². The molecule has 3 aromatic rings. The highest BCUT2D eigenvalue weighted by Gasteiger charge is 2.38. The predicted molar refractivity (Wildman–Crippen MR) is 141 cm³/mol. The minimum Gasteiger partial charge on any atom is -0.475 e. The lowest BCUT2D eigenvalue weighted by Gasteiger charge is -2.38. The van der Waals surface area contributed by atoms with E-state index >= 15 is 4.39 Å². The van der Waals surface area contributed by atoms with Gasteiger partial charge in [0.25, 0.3) is 10.0 Å². The monoisotopic (exact) mass is 601 g/mol. The first-order valence-electron chi connectivity index (χ1n) is 12.3. The summed E-state index contributed by atoms with van der Waals surface area (Å²) in [6.07, 6.45) is -1.91. The van der Waals surface area contributed by atoms with E-state index in [4.69, 9.17) is 9.90 Å². The number of aliphatic carboxylic acids is 1. The van der Waals surface area contributed by atoms with Crippen LogP contribution >= 0.6 is 0 Å². The van der Waals surface area contributed by atoms with E-state index in [2.05, 4.69) is 31.7 Å². The Kier molecular flexibility index (Phi) is 10.2. The number of aromatic nitrogens is 2. The lowest BCUT2D eigenvalue weighted by molar-refractivity contribution is -0.192. The molecule has 2 N–H and O–H groups in total. The number of carboxylic acids is 1. The summed E-state index contributed by atoms with van der Waals surface area (Å²) in [4.78, 5) is 20.6. The number of benzene rings is 1. The molecule has 1 aromatic carbocycles. The molecule has 3 heterocycles. The van der Waals surface area contributed by atoms with Crippen LogP contribution in [0.1, 0.15) is 24.0 Å². The van der Waals surface area contributed by atoms with Crippen molar-refractivity contribution in [3.05, 3.63) is 77.6 Å². The van der Waals surface area contributed by atoms with Crippen LogP contribution in [-0.2, 0) is 21.4 Å². The molecule has 0 atom stereocenters. The number of nitrogens with zero attached hydrogens (tertiary/aromatic N) is 4. The zero-order chi connectivity index (χ0) is 30.4. The van der Waals surface area contributed by atoms with Gasteiger partial charge in [-0.1, -0.05) is 36.4 Å². The number of hydrogen-bond donors (Lipinski definition) is 2. The molecule has 1 aliphatic rings. The zero-order valence-corrected chi connectivity index (χ0v) is 22.9. The van der Waals surface area contributed by atoms with Gasteiger partial charge in [-0.25, -0.2) is 19.2 Å². The Balaban J connectivity index is 0.000000587. The number of likely N-dealkylation sites (tertiary alicyclic amines) is 1. The molecule has 2 aromatic heterocycles. The molecule has 0 amide bonds. The van der Waals surface area contributed by atoms with Crippen LogP contribution in [0.5, 0.6) is 0 Å². The van der Waals surface area contributed by atoms with Gasteiger partial charge in [-0.3, -0.25) is 9.62 Å². The van der Waals surface area contributed by atoms with E-state index in [0.717, 1.165) is 38.5 Å². The first-order valence-corrected chi connectivity index (χ1v) is 13.8. The molecule has 0 bridgehead atoms. The molecule has 15 heteroatoms. The third-order valence-electron chi connectivity index (χ3n) is 6.39. The Morgan fingerprint density at radius 1 is 1.10 bits per heavy atom. The minimum absolute atomic E-state index is 0.184. The summed E-state index contributed by atoms with van der Waals surface area (Å²) in [6, 6.07) is 14.2. The van der Waals surface area contributed by atoms with Crippen LogP contribution in [-0.4, -0.2) is 66.7 Å². The van der Waals surface area contributed by atoms with Crippen molar-refractivity contribution in [2.24, 2.45) is 0 Å². The highest BCUT2D eigenvalue weighted by Crippen LogP contribution is 2.29. The number of carboxylic acid groups (broad SMARTS) is 1. The van der Waals surface area contributed by atoms with Gasteiger partial charge in [0.1, 0.15) is 5.82 Å². The van der Waals surface area contributed by atoms with Gasteiger partial charge in [-0.15, -0.1) is 0 Å². The van der Waals surface area contributed by atoms with Crippen molar-refractivity contribution in [2.45, 2.75) is 43.6 Å². The maximum absolute atomic E-state index is 15.2. The van der Waals surface area contributed by atoms with Gasteiger partial charge in [0.2, 0.25) is 11.0 Å². The van der Waals surface area contributed by atoms with Gasteiger partial charge < -0.3 is 10.0 Å². The summed E-state index contributed by atoms with van der Waals surface area (Å²) < 4.78 is 87.6. The van der Waals surface area contributed by atoms with Gasteiger partial charge in [0.15, 0.2) is 5.82 Å². The Labute approximate surface area is 233 Å². The molecule has 1 saturated heterocycles. The Morgan fingerprint density at radius 2 is 1.71 bits per heavy atom. The Morgan fingerprint density at radius 3 is 2.27 bits per heavy atom. The maximum Gasteiger partial charge on any atom is 0.490 e. The topological polar surface area (TPSA) is 116 Å². The number of sulfonamides is 1. The van der Waals surface area contributed by atoms with Gasteiger partial charge in [0, 0.05) is 38.3 Å². The van der Waals surface area contributed by atoms with Gasteiger partial charge in [0.05, 0.1) is 11.9 Å². The minimum atomic E-state index is -5.08. The Hall–Kier alpha value is -3.85. The third kappa shape index (κ3) is 8.57. The van der Waals surface area contributed by atoms with Crippen LogP contribution in [0.3, 0.4) is 0 Å². The molecule has 0 saturated carbocycles. The maximum atomic E-state index is 15.2. The lowest BCUT2D eigenvalue weighted by atomic mass is 10.0. The first kappa shape index (κ1) is 31.7. The molecular formula is C26H28F5N5O4S. The average Bonchev–Trinajstić information content (AvgIpc) is 2.90. The number of nitrogens with one attached hydrogen (secondary N) is 1. The van der Waals surface area contributed by atoms with E-state index in [-0.39, 0.29) is 17.4 Å². The van der Waals surface area contributed by atoms with Crippen molar-refractivity contribution in [1.82, 2.24) is 14.9 Å². The van der Waals surface area contributed by atoms with E-state index in [9.17, 15) is 26.0 Å². The highest BCUT2D eigenvalue weighted by atomic mass is 32.2. The largest absolute Gasteiger partial charge is 0.490 e. The molecule has 1 aliphatic heterocycles. The van der Waals surface area contributed by atoms with Crippen LogP contribution in [0, 0.1) is 18.7 Å². The number of anilines is 2. The second kappa shape index (κ2) is 13.2. The van der Waals surface area contributed by atoms with Crippen molar-refractivity contribution in [3.8, 4) is 0 Å². The zero-order valence-electron chi connectivity index (χ0n) is 22.1. The van der Waals surface area contributed by atoms with Crippen molar-refractivity contribution in [1.29, 1.82) is 0 Å². The second-order valence-electron chi connectivity index (χ2n) is 9.25. The number of halogens is 5.